The molecule has 2 rings (SSSR count). The maximum Gasteiger partial charge on any atom is 0.218 e. The number of thiocarbonyl (C=S) groups is 1. The zero-order valence-corrected chi connectivity index (χ0v) is 10.8. The number of thioether (sulfide) groups is 1. The largest absolute Gasteiger partial charge is 0.493 e. The number of azo groups is 1. The van der Waals surface area contributed by atoms with Crippen molar-refractivity contribution in [2.75, 3.05) is 5.75 Å². The maximum absolute atomic E-state index is 9.72. The minimum absolute atomic E-state index is 0.0132. The second-order valence-corrected chi connectivity index (χ2v) is 5.16. The summed E-state index contributed by atoms with van der Waals surface area (Å²) >= 11 is 6.45. The van der Waals surface area contributed by atoms with Crippen molar-refractivity contribution in [2.45, 2.75) is 6.92 Å². The number of hydrogen-bond acceptors (Lipinski definition) is 4. The number of nitrogens with zero attached hydrogens (tertiary/aromatic N) is 2. The highest BCUT2D eigenvalue weighted by Gasteiger charge is 2.09. The Morgan fingerprint density at radius 1 is 1.47 bits per heavy atom. The topological polar surface area (TPSA) is 60.7 Å². The molecular weight excluding hydrogens is 254 g/mol. The number of para-hydroxylation sites is 1. The monoisotopic (exact) mass is 265 g/mol. The van der Waals surface area contributed by atoms with E-state index in [2.05, 4.69) is 15.2 Å². The van der Waals surface area contributed by atoms with Crippen molar-refractivity contribution in [1.82, 2.24) is 4.98 Å². The molecule has 0 amide bonds. The van der Waals surface area contributed by atoms with Gasteiger partial charge < -0.3 is 10.1 Å². The molecule has 1 aromatic carbocycles. The summed E-state index contributed by atoms with van der Waals surface area (Å²) in [7, 11) is 0. The molecule has 2 N–H and O–H groups in total. The minimum atomic E-state index is 0.0132. The van der Waals surface area contributed by atoms with E-state index in [9.17, 15) is 5.11 Å². The Labute approximate surface area is 108 Å². The molecule has 0 saturated carbocycles. The third-order valence-corrected chi connectivity index (χ3v) is 3.21. The summed E-state index contributed by atoms with van der Waals surface area (Å²) in [5.41, 5.74) is 1.26. The van der Waals surface area contributed by atoms with Crippen molar-refractivity contribution in [3.63, 3.8) is 0 Å². The van der Waals surface area contributed by atoms with Gasteiger partial charge in [-0.2, -0.15) is 0 Å². The highest BCUT2D eigenvalue weighted by molar-refractivity contribution is 8.23. The van der Waals surface area contributed by atoms with Crippen LogP contribution in [0.15, 0.2) is 34.5 Å². The summed E-state index contributed by atoms with van der Waals surface area (Å²) in [4.78, 5) is 2.83. The third-order valence-electron chi connectivity index (χ3n) is 2.16. The van der Waals surface area contributed by atoms with Gasteiger partial charge in [0.15, 0.2) is 10.0 Å². The van der Waals surface area contributed by atoms with Gasteiger partial charge in [0.1, 0.15) is 0 Å². The lowest BCUT2D eigenvalue weighted by Crippen LogP contribution is -1.79. The van der Waals surface area contributed by atoms with E-state index in [1.807, 2.05) is 31.2 Å². The fraction of sp³-hybridized carbons (Fsp3) is 0.182. The Kier molecular flexibility index (Phi) is 3.75. The van der Waals surface area contributed by atoms with E-state index in [4.69, 9.17) is 12.2 Å². The van der Waals surface area contributed by atoms with Crippen molar-refractivity contribution >= 4 is 44.9 Å². The van der Waals surface area contributed by atoms with Gasteiger partial charge in [-0.1, -0.05) is 36.9 Å². The summed E-state index contributed by atoms with van der Waals surface area (Å²) in [5.74, 6) is 0.872. The van der Waals surface area contributed by atoms with E-state index in [1.54, 1.807) is 0 Å². The van der Waals surface area contributed by atoms with Gasteiger partial charge >= 0.3 is 0 Å². The average molecular weight is 265 g/mol. The number of rotatable bonds is 2. The Morgan fingerprint density at radius 2 is 2.24 bits per heavy atom. The number of aromatic nitrogens is 1. The average Bonchev–Trinajstić information content (AvgIpc) is 2.62. The zero-order valence-electron chi connectivity index (χ0n) is 9.17. The Hall–Kier alpha value is -1.40. The number of H-pyrrole nitrogens is 1. The van der Waals surface area contributed by atoms with E-state index in [0.717, 1.165) is 16.7 Å². The first-order valence-electron chi connectivity index (χ1n) is 5.10. The molecule has 1 aromatic heterocycles. The van der Waals surface area contributed by atoms with Crippen LogP contribution >= 0.6 is 24.0 Å². The van der Waals surface area contributed by atoms with Gasteiger partial charge in [0, 0.05) is 5.39 Å². The van der Waals surface area contributed by atoms with Crippen LogP contribution in [0.5, 0.6) is 5.88 Å². The molecule has 0 saturated heterocycles. The van der Waals surface area contributed by atoms with Crippen LogP contribution in [0.25, 0.3) is 10.9 Å². The lowest BCUT2D eigenvalue weighted by Gasteiger charge is -1.92. The fourth-order valence-corrected chi connectivity index (χ4v) is 2.20. The number of hydrogen-bond donors (Lipinski definition) is 2. The number of benzene rings is 1. The zero-order chi connectivity index (χ0) is 12.3. The second-order valence-electron chi connectivity index (χ2n) is 3.27. The maximum atomic E-state index is 9.72. The molecule has 0 unspecified atom stereocenters. The molecule has 6 heteroatoms. The summed E-state index contributed by atoms with van der Waals surface area (Å²) in [6, 6.07) is 7.51. The van der Waals surface area contributed by atoms with Crippen molar-refractivity contribution < 1.29 is 5.11 Å². The molecule has 0 fully saturated rings. The van der Waals surface area contributed by atoms with Crippen LogP contribution in [0.4, 0.5) is 5.69 Å². The molecule has 0 aliphatic rings. The van der Waals surface area contributed by atoms with Crippen molar-refractivity contribution in [3.8, 4) is 5.88 Å². The molecule has 17 heavy (non-hydrogen) atoms. The number of aromatic amines is 1. The highest BCUT2D eigenvalue weighted by atomic mass is 32.2. The first-order chi connectivity index (χ1) is 8.22. The molecule has 4 nitrogen and oxygen atoms in total. The smallest absolute Gasteiger partial charge is 0.218 e. The van der Waals surface area contributed by atoms with Crippen LogP contribution in [-0.4, -0.2) is 20.2 Å². The Morgan fingerprint density at radius 3 is 3.00 bits per heavy atom. The second kappa shape index (κ2) is 5.29. The molecule has 0 aliphatic carbocycles. The molecule has 0 spiro atoms. The molecule has 88 valence electrons. The highest BCUT2D eigenvalue weighted by Crippen LogP contribution is 2.35. The van der Waals surface area contributed by atoms with E-state index in [0.29, 0.717) is 10.0 Å². The summed E-state index contributed by atoms with van der Waals surface area (Å²) < 4.78 is 0.470. The number of aromatic hydroxyl groups is 1. The number of nitrogens with one attached hydrogen (secondary N) is 1. The van der Waals surface area contributed by atoms with Crippen molar-refractivity contribution in [3.05, 3.63) is 24.3 Å². The lowest BCUT2D eigenvalue weighted by molar-refractivity contribution is 0.459. The van der Waals surface area contributed by atoms with Crippen LogP contribution < -0.4 is 0 Å². The van der Waals surface area contributed by atoms with Gasteiger partial charge in [0.05, 0.1) is 5.52 Å². The van der Waals surface area contributed by atoms with E-state index >= 15 is 0 Å². The van der Waals surface area contributed by atoms with E-state index in [-0.39, 0.29) is 5.88 Å². The van der Waals surface area contributed by atoms with Crippen LogP contribution in [0, 0.1) is 0 Å². The minimum Gasteiger partial charge on any atom is -0.493 e. The van der Waals surface area contributed by atoms with Gasteiger partial charge in [-0.15, -0.1) is 10.2 Å². The molecule has 1 heterocycles. The fourth-order valence-electron chi connectivity index (χ4n) is 1.46. The first-order valence-corrected chi connectivity index (χ1v) is 6.50. The quantitative estimate of drug-likeness (QED) is 0.637. The molecule has 0 radical (unpaired) electrons. The molecular formula is C11H11N3OS2. The molecule has 0 bridgehead atoms. The van der Waals surface area contributed by atoms with Crippen molar-refractivity contribution in [2.24, 2.45) is 10.2 Å². The predicted molar refractivity (Wildman–Crippen MR) is 75.2 cm³/mol. The van der Waals surface area contributed by atoms with Gasteiger partial charge in [-0.3, -0.25) is 0 Å². The van der Waals surface area contributed by atoms with Gasteiger partial charge in [-0.25, -0.2) is 0 Å². The van der Waals surface area contributed by atoms with Crippen LogP contribution in [0.2, 0.25) is 0 Å². The Bertz CT molecular complexity index is 577. The summed E-state index contributed by atoms with van der Waals surface area (Å²) in [6.45, 7) is 2.00. The summed E-state index contributed by atoms with van der Waals surface area (Å²) in [6.07, 6.45) is 0. The molecule has 0 atom stereocenters. The summed E-state index contributed by atoms with van der Waals surface area (Å²) in [5, 5.41) is 18.5. The molecule has 2 aromatic rings. The normalized spacial score (nSPS) is 11.4. The van der Waals surface area contributed by atoms with Gasteiger partial charge in [-0.05, 0) is 24.0 Å². The van der Waals surface area contributed by atoms with Gasteiger partial charge in [0.25, 0.3) is 0 Å². The van der Waals surface area contributed by atoms with Gasteiger partial charge in [0.2, 0.25) is 5.88 Å². The van der Waals surface area contributed by atoms with Crippen LogP contribution in [0.3, 0.4) is 0 Å². The van der Waals surface area contributed by atoms with Crippen LogP contribution in [-0.2, 0) is 0 Å². The molecule has 0 aliphatic heterocycles. The van der Waals surface area contributed by atoms with E-state index in [1.165, 1.54) is 11.8 Å². The Balaban J connectivity index is 2.35. The third kappa shape index (κ3) is 2.65. The SMILES string of the molecule is CCSC(=S)N=Nc1c(O)[nH]c2ccccc12. The first kappa shape index (κ1) is 12.1. The lowest BCUT2D eigenvalue weighted by atomic mass is 10.2. The van der Waals surface area contributed by atoms with E-state index < -0.39 is 0 Å². The van der Waals surface area contributed by atoms with Crippen LogP contribution in [0.1, 0.15) is 6.92 Å². The predicted octanol–water partition coefficient (Wildman–Crippen LogP) is 4.00. The standard InChI is InChI=1S/C11H11N3OS2/c1-2-17-11(16)14-13-9-7-5-3-4-6-8(7)12-10(9)15/h3-6,12,15H,2H2,1H3. The number of fused-ring (bicyclic) bond motifs is 1. The van der Waals surface area contributed by atoms with Crippen molar-refractivity contribution in [1.29, 1.82) is 0 Å².